The fourth-order valence-corrected chi connectivity index (χ4v) is 2.13. The molecule has 21 heavy (non-hydrogen) atoms. The lowest BCUT2D eigenvalue weighted by Gasteiger charge is -2.26. The fraction of sp³-hybridized carbons (Fsp3) is 0.500. The predicted molar refractivity (Wildman–Crippen MR) is 73.2 cm³/mol. The van der Waals surface area contributed by atoms with E-state index in [0.717, 1.165) is 30.0 Å². The lowest BCUT2D eigenvalue weighted by Crippen LogP contribution is -2.48. The highest BCUT2D eigenvalue weighted by Crippen LogP contribution is 2.26. The molecular formula is C12H14ClN3O5. The highest BCUT2D eigenvalue weighted by atomic mass is 35.5. The van der Waals surface area contributed by atoms with Gasteiger partial charge in [-0.15, -0.1) is 0 Å². The SMILES string of the molecule is O=C(NC(Cn1cc(Cl)c(=O)[nH]c1=O)C(=O)O)C1CCC1. The summed E-state index contributed by atoms with van der Waals surface area (Å²) in [6, 6.07) is -1.27. The summed E-state index contributed by atoms with van der Waals surface area (Å²) in [5.74, 6) is -1.77. The van der Waals surface area contributed by atoms with Crippen LogP contribution >= 0.6 is 11.6 Å². The van der Waals surface area contributed by atoms with Crippen molar-refractivity contribution in [3.8, 4) is 0 Å². The third-order valence-electron chi connectivity index (χ3n) is 3.44. The second-order valence-electron chi connectivity index (χ2n) is 4.92. The van der Waals surface area contributed by atoms with Crippen molar-refractivity contribution >= 4 is 23.5 Å². The van der Waals surface area contributed by atoms with Crippen molar-refractivity contribution in [2.75, 3.05) is 0 Å². The number of nitrogens with zero attached hydrogens (tertiary/aromatic N) is 1. The Bertz CT molecular complexity index is 676. The number of amides is 1. The molecule has 0 aromatic carbocycles. The minimum Gasteiger partial charge on any atom is -0.480 e. The number of aliphatic carboxylic acids is 1. The smallest absolute Gasteiger partial charge is 0.328 e. The monoisotopic (exact) mass is 315 g/mol. The minimum atomic E-state index is -1.27. The van der Waals surface area contributed by atoms with E-state index < -0.39 is 23.3 Å². The minimum absolute atomic E-state index is 0.164. The number of aromatic nitrogens is 2. The van der Waals surface area contributed by atoms with Gasteiger partial charge in [0, 0.05) is 12.1 Å². The first-order valence-corrected chi connectivity index (χ1v) is 6.78. The summed E-state index contributed by atoms with van der Waals surface area (Å²) in [4.78, 5) is 47.7. The molecule has 0 radical (unpaired) electrons. The molecule has 0 bridgehead atoms. The molecule has 114 valence electrons. The number of hydrogen-bond acceptors (Lipinski definition) is 4. The first-order valence-electron chi connectivity index (χ1n) is 6.41. The standard InChI is InChI=1S/C12H14ClN3O5/c13-7-4-16(12(21)15-10(7)18)5-8(11(19)20)14-9(17)6-2-1-3-6/h4,6,8H,1-3,5H2,(H,14,17)(H,19,20)(H,15,18,21). The average molecular weight is 316 g/mol. The molecular weight excluding hydrogens is 302 g/mol. The van der Waals surface area contributed by atoms with Crippen LogP contribution in [-0.2, 0) is 16.1 Å². The number of hydrogen-bond donors (Lipinski definition) is 3. The second kappa shape index (κ2) is 6.13. The molecule has 0 saturated heterocycles. The largest absolute Gasteiger partial charge is 0.480 e. The lowest BCUT2D eigenvalue weighted by molar-refractivity contribution is -0.143. The molecule has 1 fully saturated rings. The van der Waals surface area contributed by atoms with Gasteiger partial charge in [-0.1, -0.05) is 18.0 Å². The lowest BCUT2D eigenvalue weighted by atomic mass is 9.84. The van der Waals surface area contributed by atoms with Gasteiger partial charge in [0.05, 0.1) is 6.54 Å². The van der Waals surface area contributed by atoms with Gasteiger partial charge in [0.2, 0.25) is 5.91 Å². The van der Waals surface area contributed by atoms with Gasteiger partial charge in [-0.25, -0.2) is 9.59 Å². The van der Waals surface area contributed by atoms with Crippen molar-refractivity contribution in [3.05, 3.63) is 32.1 Å². The summed E-state index contributed by atoms with van der Waals surface area (Å²) in [6.07, 6.45) is 3.48. The molecule has 1 aliphatic rings. The Morgan fingerprint density at radius 1 is 1.48 bits per heavy atom. The summed E-state index contributed by atoms with van der Waals surface area (Å²) < 4.78 is 0.948. The molecule has 0 aliphatic heterocycles. The van der Waals surface area contributed by atoms with Crippen LogP contribution in [0.15, 0.2) is 15.8 Å². The van der Waals surface area contributed by atoms with Gasteiger partial charge in [0.15, 0.2) is 0 Å². The number of nitrogens with one attached hydrogen (secondary N) is 2. The van der Waals surface area contributed by atoms with Gasteiger partial charge in [-0.2, -0.15) is 0 Å². The van der Waals surface area contributed by atoms with E-state index in [1.165, 1.54) is 0 Å². The quantitative estimate of drug-likeness (QED) is 0.680. The molecule has 9 heteroatoms. The van der Waals surface area contributed by atoms with Crippen LogP contribution < -0.4 is 16.6 Å². The molecule has 1 unspecified atom stereocenters. The van der Waals surface area contributed by atoms with E-state index in [4.69, 9.17) is 16.7 Å². The summed E-state index contributed by atoms with van der Waals surface area (Å²) in [6.45, 7) is -0.316. The van der Waals surface area contributed by atoms with Crippen LogP contribution in [0.2, 0.25) is 5.02 Å². The molecule has 8 nitrogen and oxygen atoms in total. The number of H-pyrrole nitrogens is 1. The topological polar surface area (TPSA) is 121 Å². The Morgan fingerprint density at radius 2 is 2.14 bits per heavy atom. The molecule has 1 aromatic heterocycles. The van der Waals surface area contributed by atoms with E-state index in [1.807, 2.05) is 4.98 Å². The zero-order valence-corrected chi connectivity index (χ0v) is 11.7. The molecule has 2 rings (SSSR count). The van der Waals surface area contributed by atoms with Crippen molar-refractivity contribution in [3.63, 3.8) is 0 Å². The molecule has 1 saturated carbocycles. The maximum absolute atomic E-state index is 11.8. The van der Waals surface area contributed by atoms with Gasteiger partial charge in [-0.3, -0.25) is 19.1 Å². The van der Waals surface area contributed by atoms with E-state index in [0.29, 0.717) is 0 Å². The van der Waals surface area contributed by atoms with E-state index in [-0.39, 0.29) is 23.4 Å². The summed E-state index contributed by atoms with van der Waals surface area (Å²) in [5.41, 5.74) is -1.53. The Balaban J connectivity index is 2.14. The first kappa shape index (κ1) is 15.3. The van der Waals surface area contributed by atoms with Crippen molar-refractivity contribution < 1.29 is 14.7 Å². The summed E-state index contributed by atoms with van der Waals surface area (Å²) >= 11 is 5.60. The number of carbonyl (C=O) groups is 2. The zero-order chi connectivity index (χ0) is 15.6. The molecule has 1 aliphatic carbocycles. The van der Waals surface area contributed by atoms with Crippen molar-refractivity contribution in [2.45, 2.75) is 31.8 Å². The molecule has 1 aromatic rings. The summed E-state index contributed by atoms with van der Waals surface area (Å²) in [5, 5.41) is 11.3. The van der Waals surface area contributed by atoms with Gasteiger partial charge >= 0.3 is 11.7 Å². The number of halogens is 1. The normalized spacial score (nSPS) is 16.0. The third-order valence-corrected chi connectivity index (χ3v) is 3.71. The second-order valence-corrected chi connectivity index (χ2v) is 5.32. The molecule has 1 atom stereocenters. The highest BCUT2D eigenvalue weighted by molar-refractivity contribution is 6.30. The number of carboxylic acids is 1. The maximum Gasteiger partial charge on any atom is 0.328 e. The van der Waals surface area contributed by atoms with Crippen LogP contribution in [0, 0.1) is 5.92 Å². The van der Waals surface area contributed by atoms with E-state index in [9.17, 15) is 19.2 Å². The van der Waals surface area contributed by atoms with Crippen LogP contribution in [0.5, 0.6) is 0 Å². The van der Waals surface area contributed by atoms with Gasteiger partial charge in [0.1, 0.15) is 11.1 Å². The highest BCUT2D eigenvalue weighted by Gasteiger charge is 2.29. The van der Waals surface area contributed by atoms with Crippen LogP contribution in [-0.4, -0.2) is 32.6 Å². The molecule has 3 N–H and O–H groups in total. The Kier molecular flexibility index (Phi) is 4.46. The third kappa shape index (κ3) is 3.52. The Morgan fingerprint density at radius 3 is 2.67 bits per heavy atom. The number of carbonyl (C=O) groups excluding carboxylic acids is 1. The van der Waals surface area contributed by atoms with Crippen LogP contribution in [0.4, 0.5) is 0 Å². The van der Waals surface area contributed by atoms with Gasteiger partial charge in [-0.05, 0) is 12.8 Å². The number of rotatable bonds is 5. The molecule has 1 amide bonds. The van der Waals surface area contributed by atoms with E-state index in [2.05, 4.69) is 5.32 Å². The zero-order valence-electron chi connectivity index (χ0n) is 11.0. The first-order chi connectivity index (χ1) is 9.88. The number of aromatic amines is 1. The van der Waals surface area contributed by atoms with Crippen LogP contribution in [0.25, 0.3) is 0 Å². The number of carboxylic acid groups (broad SMARTS) is 1. The van der Waals surface area contributed by atoms with Crippen molar-refractivity contribution in [1.29, 1.82) is 0 Å². The predicted octanol–water partition coefficient (Wildman–Crippen LogP) is -0.441. The van der Waals surface area contributed by atoms with E-state index >= 15 is 0 Å². The van der Waals surface area contributed by atoms with Crippen LogP contribution in [0.1, 0.15) is 19.3 Å². The Labute approximate surface area is 123 Å². The molecule has 0 spiro atoms. The molecule has 1 heterocycles. The maximum atomic E-state index is 11.8. The van der Waals surface area contributed by atoms with Crippen LogP contribution in [0.3, 0.4) is 0 Å². The Hall–Kier alpha value is -2.09. The van der Waals surface area contributed by atoms with Gasteiger partial charge in [0.25, 0.3) is 5.56 Å². The summed E-state index contributed by atoms with van der Waals surface area (Å²) in [7, 11) is 0. The van der Waals surface area contributed by atoms with Gasteiger partial charge < -0.3 is 10.4 Å². The van der Waals surface area contributed by atoms with E-state index in [1.54, 1.807) is 0 Å². The average Bonchev–Trinajstić information content (AvgIpc) is 2.32. The van der Waals surface area contributed by atoms with Crippen molar-refractivity contribution in [1.82, 2.24) is 14.9 Å². The fourth-order valence-electron chi connectivity index (χ4n) is 1.96. The van der Waals surface area contributed by atoms with Crippen molar-refractivity contribution in [2.24, 2.45) is 5.92 Å².